The average molecular weight is 252 g/mol. The number of hydrogen-bond donors (Lipinski definition) is 1. The molecule has 0 saturated carbocycles. The van der Waals surface area contributed by atoms with E-state index in [1.807, 2.05) is 13.8 Å². The molecule has 4 nitrogen and oxygen atoms in total. The third-order valence-electron chi connectivity index (χ3n) is 3.40. The van der Waals surface area contributed by atoms with Crippen molar-refractivity contribution in [2.45, 2.75) is 65.0 Å². The van der Waals surface area contributed by atoms with Gasteiger partial charge in [0, 0.05) is 11.5 Å². The summed E-state index contributed by atoms with van der Waals surface area (Å²) < 4.78 is 1.38. The lowest BCUT2D eigenvalue weighted by atomic mass is 9.92. The highest BCUT2D eigenvalue weighted by atomic mass is 16.3. The molecule has 0 aliphatic heterocycles. The van der Waals surface area contributed by atoms with Crippen LogP contribution in [0.1, 0.15) is 53.2 Å². The molecule has 18 heavy (non-hydrogen) atoms. The van der Waals surface area contributed by atoms with Crippen LogP contribution in [-0.2, 0) is 12.0 Å². The van der Waals surface area contributed by atoms with Crippen molar-refractivity contribution in [3.8, 4) is 0 Å². The van der Waals surface area contributed by atoms with E-state index in [9.17, 15) is 9.90 Å². The smallest absolute Gasteiger partial charge is 0.266 e. The second-order valence-electron chi connectivity index (χ2n) is 5.90. The van der Waals surface area contributed by atoms with E-state index in [0.29, 0.717) is 12.8 Å². The van der Waals surface area contributed by atoms with Gasteiger partial charge in [0.15, 0.2) is 0 Å². The summed E-state index contributed by atoms with van der Waals surface area (Å²) in [6.45, 7) is 10.2. The molecule has 4 heteroatoms. The van der Waals surface area contributed by atoms with Crippen LogP contribution in [0.4, 0.5) is 0 Å². The Labute approximate surface area is 109 Å². The molecule has 0 atom stereocenters. The number of aliphatic hydroxyl groups is 1. The fourth-order valence-electron chi connectivity index (χ4n) is 1.71. The molecule has 0 aliphatic carbocycles. The maximum absolute atomic E-state index is 11.8. The standard InChI is InChI=1S/C14H24N2O2/c1-6-14(18,7-2)10-16-12(17)9-8-11(15-16)13(3,4)5/h8-9,18H,6-7,10H2,1-5H3. The summed E-state index contributed by atoms with van der Waals surface area (Å²) >= 11 is 0. The van der Waals surface area contributed by atoms with Crippen LogP contribution in [0.5, 0.6) is 0 Å². The van der Waals surface area contributed by atoms with Gasteiger partial charge in [-0.25, -0.2) is 4.68 Å². The summed E-state index contributed by atoms with van der Waals surface area (Å²) in [6.07, 6.45) is 1.22. The van der Waals surface area contributed by atoms with Gasteiger partial charge >= 0.3 is 0 Å². The summed E-state index contributed by atoms with van der Waals surface area (Å²) in [6, 6.07) is 3.29. The molecule has 0 aromatic carbocycles. The summed E-state index contributed by atoms with van der Waals surface area (Å²) in [4.78, 5) is 11.8. The number of aromatic nitrogens is 2. The zero-order valence-electron chi connectivity index (χ0n) is 12.0. The molecule has 0 bridgehead atoms. The highest BCUT2D eigenvalue weighted by Gasteiger charge is 2.25. The van der Waals surface area contributed by atoms with Gasteiger partial charge in [-0.1, -0.05) is 34.6 Å². The van der Waals surface area contributed by atoms with E-state index < -0.39 is 5.60 Å². The zero-order chi connectivity index (χ0) is 14.0. The molecular formula is C14H24N2O2. The van der Waals surface area contributed by atoms with Gasteiger partial charge in [0.25, 0.3) is 5.56 Å². The van der Waals surface area contributed by atoms with Crippen molar-refractivity contribution in [1.29, 1.82) is 0 Å². The van der Waals surface area contributed by atoms with Crippen molar-refractivity contribution in [2.24, 2.45) is 0 Å². The first-order valence-corrected chi connectivity index (χ1v) is 6.53. The first kappa shape index (κ1) is 14.9. The topological polar surface area (TPSA) is 55.1 Å². The monoisotopic (exact) mass is 252 g/mol. The molecule has 1 rings (SSSR count). The predicted octanol–water partition coefficient (Wildman–Crippen LogP) is 2.09. The molecule has 0 spiro atoms. The second kappa shape index (κ2) is 5.22. The van der Waals surface area contributed by atoms with E-state index in [-0.39, 0.29) is 17.5 Å². The third kappa shape index (κ3) is 3.42. The van der Waals surface area contributed by atoms with Crippen molar-refractivity contribution < 1.29 is 5.11 Å². The lowest BCUT2D eigenvalue weighted by molar-refractivity contribution is 0.0102. The Balaban J connectivity index is 3.13. The molecule has 0 radical (unpaired) electrons. The number of nitrogens with zero attached hydrogens (tertiary/aromatic N) is 2. The molecule has 0 amide bonds. The van der Waals surface area contributed by atoms with Crippen molar-refractivity contribution in [3.05, 3.63) is 28.2 Å². The minimum Gasteiger partial charge on any atom is -0.388 e. The first-order chi connectivity index (χ1) is 8.22. The van der Waals surface area contributed by atoms with E-state index in [2.05, 4.69) is 25.9 Å². The van der Waals surface area contributed by atoms with Gasteiger partial charge in [-0.3, -0.25) is 4.79 Å². The lowest BCUT2D eigenvalue weighted by Crippen LogP contribution is -2.39. The second-order valence-corrected chi connectivity index (χ2v) is 5.90. The number of rotatable bonds is 4. The molecule has 1 aromatic rings. The quantitative estimate of drug-likeness (QED) is 0.892. The van der Waals surface area contributed by atoms with Gasteiger partial charge in [-0.05, 0) is 18.9 Å². The predicted molar refractivity (Wildman–Crippen MR) is 72.7 cm³/mol. The lowest BCUT2D eigenvalue weighted by Gasteiger charge is -2.26. The van der Waals surface area contributed by atoms with Crippen LogP contribution < -0.4 is 5.56 Å². The Bertz CT molecular complexity index is 454. The molecule has 0 aliphatic rings. The van der Waals surface area contributed by atoms with Crippen LogP contribution in [0.25, 0.3) is 0 Å². The Hall–Kier alpha value is -1.16. The Morgan fingerprint density at radius 3 is 2.22 bits per heavy atom. The summed E-state index contributed by atoms with van der Waals surface area (Å²) in [5.74, 6) is 0. The molecule has 0 saturated heterocycles. The third-order valence-corrected chi connectivity index (χ3v) is 3.40. The van der Waals surface area contributed by atoms with Crippen molar-refractivity contribution in [2.75, 3.05) is 0 Å². The first-order valence-electron chi connectivity index (χ1n) is 6.53. The van der Waals surface area contributed by atoms with Gasteiger partial charge in [-0.2, -0.15) is 5.10 Å². The minimum atomic E-state index is -0.854. The van der Waals surface area contributed by atoms with Crippen LogP contribution in [0.15, 0.2) is 16.9 Å². The van der Waals surface area contributed by atoms with Crippen LogP contribution in [0.3, 0.4) is 0 Å². The Morgan fingerprint density at radius 1 is 1.22 bits per heavy atom. The molecule has 1 N–H and O–H groups in total. The van der Waals surface area contributed by atoms with E-state index >= 15 is 0 Å². The molecule has 102 valence electrons. The summed E-state index contributed by atoms with van der Waals surface area (Å²) in [7, 11) is 0. The Kier molecular flexibility index (Phi) is 4.32. The fraction of sp³-hybridized carbons (Fsp3) is 0.714. The maximum atomic E-state index is 11.8. The highest BCUT2D eigenvalue weighted by molar-refractivity contribution is 5.10. The summed E-state index contributed by atoms with van der Waals surface area (Å²) in [5, 5.41) is 14.7. The molecular weight excluding hydrogens is 228 g/mol. The zero-order valence-corrected chi connectivity index (χ0v) is 12.0. The highest BCUT2D eigenvalue weighted by Crippen LogP contribution is 2.20. The molecule has 0 fully saturated rings. The molecule has 1 aromatic heterocycles. The van der Waals surface area contributed by atoms with E-state index in [1.54, 1.807) is 6.07 Å². The van der Waals surface area contributed by atoms with Crippen LogP contribution >= 0.6 is 0 Å². The fourth-order valence-corrected chi connectivity index (χ4v) is 1.71. The van der Waals surface area contributed by atoms with Crippen LogP contribution in [-0.4, -0.2) is 20.5 Å². The van der Waals surface area contributed by atoms with Crippen molar-refractivity contribution in [1.82, 2.24) is 9.78 Å². The van der Waals surface area contributed by atoms with Crippen molar-refractivity contribution >= 4 is 0 Å². The van der Waals surface area contributed by atoms with Gasteiger partial charge < -0.3 is 5.11 Å². The van der Waals surface area contributed by atoms with Gasteiger partial charge in [0.2, 0.25) is 0 Å². The summed E-state index contributed by atoms with van der Waals surface area (Å²) in [5.41, 5.74) is -0.265. The van der Waals surface area contributed by atoms with E-state index in [1.165, 1.54) is 10.7 Å². The van der Waals surface area contributed by atoms with Crippen molar-refractivity contribution in [3.63, 3.8) is 0 Å². The van der Waals surface area contributed by atoms with Gasteiger partial charge in [0.1, 0.15) is 0 Å². The average Bonchev–Trinajstić information content (AvgIpc) is 2.30. The van der Waals surface area contributed by atoms with Gasteiger partial charge in [-0.15, -0.1) is 0 Å². The van der Waals surface area contributed by atoms with Crippen LogP contribution in [0, 0.1) is 0 Å². The molecule has 1 heterocycles. The molecule has 0 unspecified atom stereocenters. The SMILES string of the molecule is CCC(O)(CC)Cn1nc(C(C)(C)C)ccc1=O. The maximum Gasteiger partial charge on any atom is 0.266 e. The minimum absolute atomic E-state index is 0.105. The normalized spacial score (nSPS) is 12.8. The number of hydrogen-bond acceptors (Lipinski definition) is 3. The van der Waals surface area contributed by atoms with Crippen LogP contribution in [0.2, 0.25) is 0 Å². The van der Waals surface area contributed by atoms with Gasteiger partial charge in [0.05, 0.1) is 17.8 Å². The largest absolute Gasteiger partial charge is 0.388 e. The van der Waals surface area contributed by atoms with E-state index in [4.69, 9.17) is 0 Å². The van der Waals surface area contributed by atoms with E-state index in [0.717, 1.165) is 5.69 Å². The Morgan fingerprint density at radius 2 is 1.78 bits per heavy atom.